The number of nitrogens with zero attached hydrogens (tertiary/aromatic N) is 3. The number of amides is 2. The van der Waals surface area contributed by atoms with Crippen molar-refractivity contribution in [2.45, 2.75) is 38.1 Å². The molecule has 0 aliphatic heterocycles. The number of carbonyl (C=O) groups is 2. The number of carbonyl (C=O) groups excluding carboxylic acids is 2. The molecule has 5 rings (SSSR count). The molecule has 1 atom stereocenters. The predicted molar refractivity (Wildman–Crippen MR) is 168 cm³/mol. The third-order valence-corrected chi connectivity index (χ3v) is 8.08. The molecule has 0 unspecified atom stereocenters. The van der Waals surface area contributed by atoms with Crippen LogP contribution in [0.1, 0.15) is 31.2 Å². The molecule has 0 bridgehead atoms. The number of hydrogen-bond acceptors (Lipinski definition) is 8. The van der Waals surface area contributed by atoms with Gasteiger partial charge in [0.1, 0.15) is 18.4 Å². The van der Waals surface area contributed by atoms with Crippen molar-refractivity contribution >= 4 is 17.5 Å². The van der Waals surface area contributed by atoms with Crippen LogP contribution >= 0.6 is 0 Å². The van der Waals surface area contributed by atoms with Crippen molar-refractivity contribution in [1.29, 1.82) is 0 Å². The monoisotopic (exact) mass is 597 g/mol. The van der Waals surface area contributed by atoms with Gasteiger partial charge < -0.3 is 25.8 Å². The van der Waals surface area contributed by atoms with Crippen LogP contribution < -0.4 is 21.1 Å². The Morgan fingerprint density at radius 3 is 2.18 bits per heavy atom. The van der Waals surface area contributed by atoms with Gasteiger partial charge >= 0.3 is 0 Å². The second-order valence-electron chi connectivity index (χ2n) is 11.1. The first-order valence-electron chi connectivity index (χ1n) is 15.0. The first kappa shape index (κ1) is 30.8. The van der Waals surface area contributed by atoms with Gasteiger partial charge in [0.2, 0.25) is 17.6 Å². The number of benzene rings is 3. The highest BCUT2D eigenvalue weighted by Crippen LogP contribution is 2.29. The van der Waals surface area contributed by atoms with Crippen molar-refractivity contribution in [1.82, 2.24) is 25.9 Å². The summed E-state index contributed by atoms with van der Waals surface area (Å²) < 4.78 is 10.7. The lowest BCUT2D eigenvalue weighted by atomic mass is 9.81. The van der Waals surface area contributed by atoms with Crippen LogP contribution in [0.4, 0.5) is 5.69 Å². The molecule has 230 valence electrons. The second-order valence-corrected chi connectivity index (χ2v) is 11.1. The molecular weight excluding hydrogens is 558 g/mol. The standard InChI is InChI=1S/C33H39N7O4/c1-43-18-19-44-29-16-12-25(13-17-29)24-6-2-22(3-7-24)20-30(36-32(41)27-8-4-23(21-34)5-9-27)33(42)35-28-14-10-26(11-15-28)31-37-39-40-38-31/h2-3,6-7,10-17,23,27,30H,4-5,8-9,18-21,34H2,1H3,(H,35,42)(H,36,41)(H,37,38,39,40)/t23?,27?,30-/m0/s1. The Bertz CT molecular complexity index is 1470. The van der Waals surface area contributed by atoms with E-state index in [1.165, 1.54) is 0 Å². The van der Waals surface area contributed by atoms with Crippen LogP contribution in [-0.2, 0) is 20.7 Å². The Kier molecular flexibility index (Phi) is 10.7. The van der Waals surface area contributed by atoms with E-state index in [2.05, 4.69) is 31.3 Å². The largest absolute Gasteiger partial charge is 0.491 e. The molecule has 4 aromatic rings. The van der Waals surface area contributed by atoms with Crippen LogP contribution in [0, 0.1) is 11.8 Å². The molecule has 0 spiro atoms. The first-order chi connectivity index (χ1) is 21.5. The molecule has 11 heteroatoms. The molecule has 1 fully saturated rings. The lowest BCUT2D eigenvalue weighted by Crippen LogP contribution is -2.48. The minimum Gasteiger partial charge on any atom is -0.491 e. The Balaban J connectivity index is 1.26. The van der Waals surface area contributed by atoms with E-state index in [1.807, 2.05) is 48.5 Å². The van der Waals surface area contributed by atoms with Crippen LogP contribution in [0.5, 0.6) is 5.75 Å². The highest BCUT2D eigenvalue weighted by atomic mass is 16.5. The first-order valence-corrected chi connectivity index (χ1v) is 15.0. The zero-order valence-electron chi connectivity index (χ0n) is 24.9. The summed E-state index contributed by atoms with van der Waals surface area (Å²) in [5.41, 5.74) is 10.2. The number of hydrogen-bond donors (Lipinski definition) is 4. The number of ether oxygens (including phenoxy) is 2. The fourth-order valence-corrected chi connectivity index (χ4v) is 5.43. The van der Waals surface area contributed by atoms with E-state index in [1.54, 1.807) is 31.4 Å². The van der Waals surface area contributed by atoms with E-state index in [0.29, 0.717) is 43.6 Å². The average Bonchev–Trinajstić information content (AvgIpc) is 3.61. The quantitative estimate of drug-likeness (QED) is 0.169. The highest BCUT2D eigenvalue weighted by Gasteiger charge is 2.29. The van der Waals surface area contributed by atoms with Crippen LogP contribution in [0.25, 0.3) is 22.5 Å². The summed E-state index contributed by atoms with van der Waals surface area (Å²) in [5, 5.41) is 20.0. The van der Waals surface area contributed by atoms with Crippen molar-refractivity contribution in [2.24, 2.45) is 17.6 Å². The SMILES string of the molecule is COCCOc1ccc(-c2ccc(C[C@H](NC(=O)C3CCC(CN)CC3)C(=O)Nc3ccc(-c4nn[nH]n4)cc3)cc2)cc1. The van der Waals surface area contributed by atoms with Gasteiger partial charge in [-0.05, 0) is 96.4 Å². The summed E-state index contributed by atoms with van der Waals surface area (Å²) in [6, 6.07) is 22.4. The molecule has 11 nitrogen and oxygen atoms in total. The number of nitrogens with two attached hydrogens (primary N) is 1. The molecule has 1 aliphatic rings. The number of aromatic amines is 1. The van der Waals surface area contributed by atoms with Crippen molar-refractivity contribution in [3.8, 4) is 28.3 Å². The molecule has 1 heterocycles. The van der Waals surface area contributed by atoms with Crippen LogP contribution in [0.3, 0.4) is 0 Å². The Morgan fingerprint density at radius 1 is 0.909 bits per heavy atom. The van der Waals surface area contributed by atoms with E-state index in [-0.39, 0.29) is 17.7 Å². The summed E-state index contributed by atoms with van der Waals surface area (Å²) in [6.45, 7) is 1.68. The maximum Gasteiger partial charge on any atom is 0.247 e. The zero-order chi connectivity index (χ0) is 30.7. The van der Waals surface area contributed by atoms with Crippen molar-refractivity contribution < 1.29 is 19.1 Å². The lowest BCUT2D eigenvalue weighted by Gasteiger charge is -2.28. The van der Waals surface area contributed by atoms with Crippen molar-refractivity contribution in [2.75, 3.05) is 32.2 Å². The summed E-state index contributed by atoms with van der Waals surface area (Å²) >= 11 is 0. The van der Waals surface area contributed by atoms with Crippen LogP contribution in [-0.4, -0.2) is 65.3 Å². The second kappa shape index (κ2) is 15.2. The zero-order valence-corrected chi connectivity index (χ0v) is 24.9. The van der Waals surface area contributed by atoms with Gasteiger partial charge in [-0.3, -0.25) is 9.59 Å². The van der Waals surface area contributed by atoms with Gasteiger partial charge in [0.15, 0.2) is 0 Å². The van der Waals surface area contributed by atoms with Gasteiger partial charge in [0.05, 0.1) is 6.61 Å². The van der Waals surface area contributed by atoms with E-state index >= 15 is 0 Å². The van der Waals surface area contributed by atoms with Crippen LogP contribution in [0.2, 0.25) is 0 Å². The number of nitrogens with one attached hydrogen (secondary N) is 3. The maximum atomic E-state index is 13.6. The molecule has 3 aromatic carbocycles. The van der Waals surface area contributed by atoms with E-state index in [0.717, 1.165) is 53.7 Å². The van der Waals surface area contributed by atoms with E-state index < -0.39 is 6.04 Å². The molecule has 0 radical (unpaired) electrons. The summed E-state index contributed by atoms with van der Waals surface area (Å²) in [7, 11) is 1.64. The number of H-pyrrole nitrogens is 1. The summed E-state index contributed by atoms with van der Waals surface area (Å²) in [4.78, 5) is 26.9. The van der Waals surface area contributed by atoms with Crippen molar-refractivity contribution in [3.05, 3.63) is 78.4 Å². The topological polar surface area (TPSA) is 157 Å². The smallest absolute Gasteiger partial charge is 0.247 e. The molecule has 1 saturated carbocycles. The fraction of sp³-hybridized carbons (Fsp3) is 0.364. The lowest BCUT2D eigenvalue weighted by molar-refractivity contribution is -0.130. The molecule has 44 heavy (non-hydrogen) atoms. The highest BCUT2D eigenvalue weighted by molar-refractivity contribution is 5.97. The van der Waals surface area contributed by atoms with Gasteiger partial charge in [-0.2, -0.15) is 5.21 Å². The Labute approximate surface area is 256 Å². The fourth-order valence-electron chi connectivity index (χ4n) is 5.43. The maximum absolute atomic E-state index is 13.6. The minimum absolute atomic E-state index is 0.0856. The Morgan fingerprint density at radius 2 is 1.57 bits per heavy atom. The number of aromatic nitrogens is 4. The Hall–Kier alpha value is -4.61. The third kappa shape index (κ3) is 8.27. The number of methoxy groups -OCH3 is 1. The molecule has 1 aliphatic carbocycles. The predicted octanol–water partition coefficient (Wildman–Crippen LogP) is 3.99. The van der Waals surface area contributed by atoms with E-state index in [4.69, 9.17) is 15.2 Å². The minimum atomic E-state index is -0.749. The van der Waals surface area contributed by atoms with Gasteiger partial charge in [-0.25, -0.2) is 0 Å². The van der Waals surface area contributed by atoms with Gasteiger partial charge in [0, 0.05) is 30.7 Å². The molecule has 5 N–H and O–H groups in total. The van der Waals surface area contributed by atoms with Gasteiger partial charge in [-0.1, -0.05) is 36.4 Å². The number of anilines is 1. The molecular formula is C33H39N7O4. The van der Waals surface area contributed by atoms with Crippen molar-refractivity contribution in [3.63, 3.8) is 0 Å². The normalized spacial score (nSPS) is 17.0. The summed E-state index contributed by atoms with van der Waals surface area (Å²) in [6.07, 6.45) is 3.78. The van der Waals surface area contributed by atoms with Gasteiger partial charge in [0.25, 0.3) is 0 Å². The third-order valence-electron chi connectivity index (χ3n) is 8.08. The number of rotatable bonds is 13. The van der Waals surface area contributed by atoms with Gasteiger partial charge in [-0.15, -0.1) is 10.2 Å². The molecule has 1 aromatic heterocycles. The molecule has 2 amide bonds. The van der Waals surface area contributed by atoms with E-state index in [9.17, 15) is 9.59 Å². The molecule has 0 saturated heterocycles. The average molecular weight is 598 g/mol. The van der Waals surface area contributed by atoms with Crippen LogP contribution in [0.15, 0.2) is 72.8 Å². The summed E-state index contributed by atoms with van der Waals surface area (Å²) in [5.74, 6) is 1.23. The number of tetrazole rings is 1.